The van der Waals surface area contributed by atoms with Crippen LogP contribution in [0.5, 0.6) is 0 Å². The van der Waals surface area contributed by atoms with Gasteiger partial charge in [-0.1, -0.05) is 11.3 Å². The van der Waals surface area contributed by atoms with Crippen molar-refractivity contribution in [2.24, 2.45) is 5.92 Å². The third-order valence-corrected chi connectivity index (χ3v) is 4.92. The number of alkyl halides is 3. The predicted octanol–water partition coefficient (Wildman–Crippen LogP) is 2.34. The molecule has 0 amide bonds. The van der Waals surface area contributed by atoms with Gasteiger partial charge in [-0.3, -0.25) is 9.36 Å². The highest BCUT2D eigenvalue weighted by Gasteiger charge is 2.33. The van der Waals surface area contributed by atoms with E-state index in [1.165, 1.54) is 15.9 Å². The van der Waals surface area contributed by atoms with Crippen LogP contribution in [-0.2, 0) is 12.7 Å². The Morgan fingerprint density at radius 2 is 2.00 bits per heavy atom. The first-order valence-electron chi connectivity index (χ1n) is 7.51. The third-order valence-electron chi connectivity index (χ3n) is 4.03. The van der Waals surface area contributed by atoms with Crippen molar-refractivity contribution in [3.8, 4) is 0 Å². The topological polar surface area (TPSA) is 63.9 Å². The van der Waals surface area contributed by atoms with E-state index in [0.29, 0.717) is 12.6 Å². The Bertz CT molecular complexity index is 764. The van der Waals surface area contributed by atoms with E-state index >= 15 is 0 Å². The SMILES string of the molecule is Cc1nnc(N2CCC(Cn3cnc(C(F)(F)F)cc3=O)CC2)s1. The second-order valence-corrected chi connectivity index (χ2v) is 6.96. The fraction of sp³-hybridized carbons (Fsp3) is 0.571. The molecule has 24 heavy (non-hydrogen) atoms. The fourth-order valence-electron chi connectivity index (χ4n) is 2.72. The predicted molar refractivity (Wildman–Crippen MR) is 83.1 cm³/mol. The maximum atomic E-state index is 12.5. The van der Waals surface area contributed by atoms with Crippen molar-refractivity contribution in [2.75, 3.05) is 18.0 Å². The molecule has 0 bridgehead atoms. The molecule has 2 aromatic rings. The van der Waals surface area contributed by atoms with Crippen molar-refractivity contribution in [2.45, 2.75) is 32.5 Å². The summed E-state index contributed by atoms with van der Waals surface area (Å²) in [6, 6.07) is 0.555. The number of rotatable bonds is 3. The molecule has 1 saturated heterocycles. The third kappa shape index (κ3) is 3.74. The van der Waals surface area contributed by atoms with Crippen LogP contribution in [0, 0.1) is 12.8 Å². The molecule has 2 aromatic heterocycles. The number of hydrogen-bond acceptors (Lipinski definition) is 6. The molecule has 0 radical (unpaired) electrons. The first-order valence-corrected chi connectivity index (χ1v) is 8.33. The molecule has 6 nitrogen and oxygen atoms in total. The van der Waals surface area contributed by atoms with Gasteiger partial charge in [0.2, 0.25) is 5.13 Å². The van der Waals surface area contributed by atoms with Crippen LogP contribution < -0.4 is 10.5 Å². The lowest BCUT2D eigenvalue weighted by Gasteiger charge is -2.31. The molecular formula is C14H16F3N5OS. The van der Waals surface area contributed by atoms with Gasteiger partial charge in [0, 0.05) is 25.7 Å². The Hall–Kier alpha value is -1.97. The van der Waals surface area contributed by atoms with E-state index in [1.807, 2.05) is 6.92 Å². The van der Waals surface area contributed by atoms with Gasteiger partial charge >= 0.3 is 6.18 Å². The Morgan fingerprint density at radius 3 is 2.54 bits per heavy atom. The molecule has 1 fully saturated rings. The van der Waals surface area contributed by atoms with E-state index < -0.39 is 17.4 Å². The average molecular weight is 359 g/mol. The Labute approximate surface area is 140 Å². The number of nitrogens with zero attached hydrogens (tertiary/aromatic N) is 5. The molecule has 0 atom stereocenters. The lowest BCUT2D eigenvalue weighted by molar-refractivity contribution is -0.141. The number of anilines is 1. The zero-order valence-electron chi connectivity index (χ0n) is 13.0. The largest absolute Gasteiger partial charge is 0.433 e. The van der Waals surface area contributed by atoms with E-state index in [4.69, 9.17) is 0 Å². The van der Waals surface area contributed by atoms with Gasteiger partial charge in [-0.2, -0.15) is 13.2 Å². The minimum absolute atomic E-state index is 0.228. The van der Waals surface area contributed by atoms with Gasteiger partial charge in [-0.05, 0) is 25.7 Å². The molecule has 0 saturated carbocycles. The first kappa shape index (κ1) is 16.9. The molecule has 1 aliphatic rings. The first-order chi connectivity index (χ1) is 11.3. The van der Waals surface area contributed by atoms with Gasteiger partial charge in [0.1, 0.15) is 5.01 Å². The highest BCUT2D eigenvalue weighted by Crippen LogP contribution is 2.27. The van der Waals surface area contributed by atoms with Gasteiger partial charge in [-0.15, -0.1) is 10.2 Å². The summed E-state index contributed by atoms with van der Waals surface area (Å²) in [5.74, 6) is 0.228. The zero-order valence-corrected chi connectivity index (χ0v) is 13.8. The molecule has 3 rings (SSSR count). The molecule has 0 aliphatic carbocycles. The van der Waals surface area contributed by atoms with Crippen molar-refractivity contribution in [3.63, 3.8) is 0 Å². The molecule has 0 aromatic carbocycles. The number of aryl methyl sites for hydroxylation is 1. The average Bonchev–Trinajstić information content (AvgIpc) is 2.95. The van der Waals surface area contributed by atoms with Gasteiger partial charge in [-0.25, -0.2) is 4.98 Å². The molecule has 0 unspecified atom stereocenters. The summed E-state index contributed by atoms with van der Waals surface area (Å²) < 4.78 is 38.9. The maximum Gasteiger partial charge on any atom is 0.433 e. The molecule has 1 aliphatic heterocycles. The van der Waals surface area contributed by atoms with E-state index in [0.717, 1.165) is 42.4 Å². The molecule has 130 valence electrons. The number of piperidine rings is 1. The summed E-state index contributed by atoms with van der Waals surface area (Å²) in [5, 5.41) is 9.92. The summed E-state index contributed by atoms with van der Waals surface area (Å²) >= 11 is 1.54. The van der Waals surface area contributed by atoms with Crippen molar-refractivity contribution in [1.82, 2.24) is 19.7 Å². The smallest absolute Gasteiger partial charge is 0.347 e. The molecular weight excluding hydrogens is 343 g/mol. The zero-order chi connectivity index (χ0) is 17.3. The highest BCUT2D eigenvalue weighted by atomic mass is 32.1. The normalized spacial score (nSPS) is 16.6. The minimum atomic E-state index is -4.59. The number of hydrogen-bond donors (Lipinski definition) is 0. The molecule has 0 spiro atoms. The summed E-state index contributed by atoms with van der Waals surface area (Å²) in [7, 11) is 0. The van der Waals surface area contributed by atoms with Crippen molar-refractivity contribution in [1.29, 1.82) is 0 Å². The van der Waals surface area contributed by atoms with E-state index in [2.05, 4.69) is 20.1 Å². The molecule has 10 heteroatoms. The molecule has 0 N–H and O–H groups in total. The Morgan fingerprint density at radius 1 is 1.29 bits per heavy atom. The summed E-state index contributed by atoms with van der Waals surface area (Å²) in [5.41, 5.74) is -1.82. The van der Waals surface area contributed by atoms with Crippen LogP contribution in [-0.4, -0.2) is 32.8 Å². The minimum Gasteiger partial charge on any atom is -0.347 e. The van der Waals surface area contributed by atoms with Gasteiger partial charge in [0.05, 0.1) is 6.33 Å². The quantitative estimate of drug-likeness (QED) is 0.842. The number of aromatic nitrogens is 4. The fourth-order valence-corrected chi connectivity index (χ4v) is 3.46. The van der Waals surface area contributed by atoms with Crippen LogP contribution in [0.15, 0.2) is 17.2 Å². The number of halogens is 3. The van der Waals surface area contributed by atoms with Crippen molar-refractivity contribution in [3.05, 3.63) is 33.4 Å². The second-order valence-electron chi connectivity index (χ2n) is 5.80. The van der Waals surface area contributed by atoms with E-state index in [1.54, 1.807) is 0 Å². The maximum absolute atomic E-state index is 12.5. The molecule has 3 heterocycles. The van der Waals surface area contributed by atoms with E-state index in [9.17, 15) is 18.0 Å². The summed E-state index contributed by atoms with van der Waals surface area (Å²) in [4.78, 5) is 17.3. The van der Waals surface area contributed by atoms with Gasteiger partial charge < -0.3 is 4.90 Å². The lowest BCUT2D eigenvalue weighted by Crippen LogP contribution is -2.36. The van der Waals surface area contributed by atoms with E-state index in [-0.39, 0.29) is 5.92 Å². The lowest BCUT2D eigenvalue weighted by atomic mass is 9.97. The summed E-state index contributed by atoms with van der Waals surface area (Å²) in [6.45, 7) is 3.87. The van der Waals surface area contributed by atoms with Crippen LogP contribution in [0.4, 0.5) is 18.3 Å². The summed E-state index contributed by atoms with van der Waals surface area (Å²) in [6.07, 6.45) is -1.92. The highest BCUT2D eigenvalue weighted by molar-refractivity contribution is 7.15. The Kier molecular flexibility index (Phi) is 4.57. The monoisotopic (exact) mass is 359 g/mol. The van der Waals surface area contributed by atoms with Crippen LogP contribution >= 0.6 is 11.3 Å². The van der Waals surface area contributed by atoms with Gasteiger partial charge in [0.25, 0.3) is 5.56 Å². The Balaban J connectivity index is 1.61. The standard InChI is InChI=1S/C14H16F3N5OS/c1-9-19-20-13(24-9)21-4-2-10(3-5-21)7-22-8-18-11(6-12(22)23)14(15,16)17/h6,8,10H,2-5,7H2,1H3. The van der Waals surface area contributed by atoms with Crippen LogP contribution in [0.1, 0.15) is 23.5 Å². The van der Waals surface area contributed by atoms with Crippen molar-refractivity contribution >= 4 is 16.5 Å². The van der Waals surface area contributed by atoms with Crippen LogP contribution in [0.3, 0.4) is 0 Å². The second kappa shape index (κ2) is 6.50. The van der Waals surface area contributed by atoms with Crippen molar-refractivity contribution < 1.29 is 13.2 Å². The van der Waals surface area contributed by atoms with Crippen LogP contribution in [0.2, 0.25) is 0 Å². The van der Waals surface area contributed by atoms with Crippen LogP contribution in [0.25, 0.3) is 0 Å². The van der Waals surface area contributed by atoms with Gasteiger partial charge in [0.15, 0.2) is 5.69 Å².